The molecule has 2 aromatic carbocycles. The molecule has 0 atom stereocenters. The second-order valence-corrected chi connectivity index (χ2v) is 6.30. The van der Waals surface area contributed by atoms with Crippen LogP contribution in [-0.2, 0) is 11.2 Å². The predicted octanol–water partition coefficient (Wildman–Crippen LogP) is 4.00. The molecule has 3 aromatic rings. The Bertz CT molecular complexity index is 958. The van der Waals surface area contributed by atoms with Crippen LogP contribution in [0.3, 0.4) is 0 Å². The zero-order chi connectivity index (χ0) is 17.4. The van der Waals surface area contributed by atoms with Gasteiger partial charge in [0.2, 0.25) is 5.91 Å². The van der Waals surface area contributed by atoms with Crippen LogP contribution in [0, 0.1) is 13.8 Å². The number of hydrogen-bond acceptors (Lipinski definition) is 4. The third-order valence-electron chi connectivity index (χ3n) is 4.27. The molecular formula is C20H19NO4. The Morgan fingerprint density at radius 2 is 1.88 bits per heavy atom. The molecule has 0 bridgehead atoms. The largest absolute Gasteiger partial charge is 0.486 e. The Balaban J connectivity index is 1.53. The Morgan fingerprint density at radius 1 is 1.08 bits per heavy atom. The van der Waals surface area contributed by atoms with Gasteiger partial charge in [-0.25, -0.2) is 0 Å². The first-order valence-corrected chi connectivity index (χ1v) is 8.27. The van der Waals surface area contributed by atoms with Gasteiger partial charge < -0.3 is 19.2 Å². The van der Waals surface area contributed by atoms with E-state index in [0.29, 0.717) is 30.4 Å². The number of fused-ring (bicyclic) bond motifs is 2. The fraction of sp³-hybridized carbons (Fsp3) is 0.250. The van der Waals surface area contributed by atoms with Gasteiger partial charge in [-0.15, -0.1) is 0 Å². The molecule has 128 valence electrons. The van der Waals surface area contributed by atoms with Gasteiger partial charge in [0, 0.05) is 22.7 Å². The molecule has 1 N–H and O–H groups in total. The average Bonchev–Trinajstić information content (AvgIpc) is 2.97. The van der Waals surface area contributed by atoms with Crippen LogP contribution in [0.1, 0.15) is 16.7 Å². The lowest BCUT2D eigenvalue weighted by Gasteiger charge is -2.19. The second kappa shape index (κ2) is 6.16. The van der Waals surface area contributed by atoms with E-state index in [1.54, 1.807) is 12.3 Å². The second-order valence-electron chi connectivity index (χ2n) is 6.30. The highest BCUT2D eigenvalue weighted by Crippen LogP contribution is 2.33. The number of aryl methyl sites for hydroxylation is 2. The topological polar surface area (TPSA) is 60.7 Å². The van der Waals surface area contributed by atoms with Crippen LogP contribution >= 0.6 is 0 Å². The maximum absolute atomic E-state index is 12.4. The van der Waals surface area contributed by atoms with Crippen molar-refractivity contribution in [1.82, 2.24) is 0 Å². The summed E-state index contributed by atoms with van der Waals surface area (Å²) in [7, 11) is 0. The number of ether oxygens (including phenoxy) is 2. The smallest absolute Gasteiger partial charge is 0.228 e. The van der Waals surface area contributed by atoms with Crippen molar-refractivity contribution in [2.45, 2.75) is 20.3 Å². The summed E-state index contributed by atoms with van der Waals surface area (Å²) >= 11 is 0. The zero-order valence-corrected chi connectivity index (χ0v) is 14.2. The Morgan fingerprint density at radius 3 is 2.72 bits per heavy atom. The summed E-state index contributed by atoms with van der Waals surface area (Å²) in [6, 6.07) is 9.50. The minimum atomic E-state index is -0.0978. The quantitative estimate of drug-likeness (QED) is 0.785. The number of amides is 1. The first-order valence-electron chi connectivity index (χ1n) is 8.27. The molecule has 0 spiro atoms. The van der Waals surface area contributed by atoms with Crippen molar-refractivity contribution >= 4 is 22.6 Å². The number of nitrogens with one attached hydrogen (secondary N) is 1. The summed E-state index contributed by atoms with van der Waals surface area (Å²) in [5, 5.41) is 3.93. The van der Waals surface area contributed by atoms with E-state index >= 15 is 0 Å². The SMILES string of the molecule is Cc1cc(C)c2c(CC(=O)Nc3ccc4c(c3)OCCO4)coc2c1. The van der Waals surface area contributed by atoms with Crippen LogP contribution in [0.5, 0.6) is 11.5 Å². The molecule has 1 aromatic heterocycles. The molecule has 0 saturated carbocycles. The van der Waals surface area contributed by atoms with Gasteiger partial charge in [0.1, 0.15) is 18.8 Å². The van der Waals surface area contributed by atoms with Crippen molar-refractivity contribution in [2.24, 2.45) is 0 Å². The number of hydrogen-bond donors (Lipinski definition) is 1. The highest BCUT2D eigenvalue weighted by atomic mass is 16.6. The monoisotopic (exact) mass is 337 g/mol. The first kappa shape index (κ1) is 15.6. The normalized spacial score (nSPS) is 13.0. The van der Waals surface area contributed by atoms with Gasteiger partial charge in [-0.3, -0.25) is 4.79 Å². The minimum absolute atomic E-state index is 0.0978. The van der Waals surface area contributed by atoms with Gasteiger partial charge in [0.15, 0.2) is 11.5 Å². The summed E-state index contributed by atoms with van der Waals surface area (Å²) in [4.78, 5) is 12.4. The molecule has 0 aliphatic carbocycles. The predicted molar refractivity (Wildman–Crippen MR) is 95.5 cm³/mol. The fourth-order valence-electron chi connectivity index (χ4n) is 3.26. The molecular weight excluding hydrogens is 318 g/mol. The van der Waals surface area contributed by atoms with Crippen LogP contribution in [0.2, 0.25) is 0 Å². The van der Waals surface area contributed by atoms with Gasteiger partial charge in [0.05, 0.1) is 12.7 Å². The van der Waals surface area contributed by atoms with Gasteiger partial charge in [-0.2, -0.15) is 0 Å². The Labute approximate surface area is 145 Å². The maximum Gasteiger partial charge on any atom is 0.228 e. The Kier molecular flexibility index (Phi) is 3.84. The summed E-state index contributed by atoms with van der Waals surface area (Å²) in [5.74, 6) is 1.26. The van der Waals surface area contributed by atoms with E-state index in [4.69, 9.17) is 13.9 Å². The molecule has 4 rings (SSSR count). The molecule has 1 amide bonds. The van der Waals surface area contributed by atoms with Gasteiger partial charge in [0.25, 0.3) is 0 Å². The van der Waals surface area contributed by atoms with Gasteiger partial charge in [-0.1, -0.05) is 6.07 Å². The third kappa shape index (κ3) is 3.05. The van der Waals surface area contributed by atoms with E-state index in [1.807, 2.05) is 32.0 Å². The highest BCUT2D eigenvalue weighted by Gasteiger charge is 2.15. The van der Waals surface area contributed by atoms with E-state index in [1.165, 1.54) is 0 Å². The van der Waals surface area contributed by atoms with Crippen molar-refractivity contribution in [1.29, 1.82) is 0 Å². The van der Waals surface area contributed by atoms with Crippen molar-refractivity contribution in [3.63, 3.8) is 0 Å². The van der Waals surface area contributed by atoms with Gasteiger partial charge in [-0.05, 0) is 43.2 Å². The molecule has 5 nitrogen and oxygen atoms in total. The first-order chi connectivity index (χ1) is 12.1. The summed E-state index contributed by atoms with van der Waals surface area (Å²) in [6.07, 6.45) is 1.92. The van der Waals surface area contributed by atoms with E-state index in [9.17, 15) is 4.79 Å². The third-order valence-corrected chi connectivity index (χ3v) is 4.27. The number of rotatable bonds is 3. The summed E-state index contributed by atoms with van der Waals surface area (Å²) in [6.45, 7) is 5.13. The van der Waals surface area contributed by atoms with E-state index in [2.05, 4.69) is 11.4 Å². The maximum atomic E-state index is 12.4. The minimum Gasteiger partial charge on any atom is -0.486 e. The van der Waals surface area contributed by atoms with Crippen molar-refractivity contribution < 1.29 is 18.7 Å². The molecule has 1 aliphatic rings. The standard InChI is InChI=1S/C20H19NO4/c1-12-7-13(2)20-14(11-25-18(20)8-12)9-19(22)21-15-3-4-16-17(10-15)24-6-5-23-16/h3-4,7-8,10-11H,5-6,9H2,1-2H3,(H,21,22). The summed E-state index contributed by atoms with van der Waals surface area (Å²) < 4.78 is 16.7. The molecule has 0 saturated heterocycles. The van der Waals surface area contributed by atoms with Crippen LogP contribution in [0.15, 0.2) is 41.0 Å². The van der Waals surface area contributed by atoms with Gasteiger partial charge >= 0.3 is 0 Å². The van der Waals surface area contributed by atoms with Crippen molar-refractivity contribution in [3.8, 4) is 11.5 Å². The molecule has 1 aliphatic heterocycles. The summed E-state index contributed by atoms with van der Waals surface area (Å²) in [5.41, 5.74) is 4.66. The van der Waals surface area contributed by atoms with Crippen LogP contribution in [0.4, 0.5) is 5.69 Å². The Hall–Kier alpha value is -2.95. The molecule has 0 unspecified atom stereocenters. The van der Waals surface area contributed by atoms with Crippen molar-refractivity contribution in [2.75, 3.05) is 18.5 Å². The molecule has 5 heteroatoms. The molecule has 0 radical (unpaired) electrons. The number of carbonyl (C=O) groups excluding carboxylic acids is 1. The average molecular weight is 337 g/mol. The highest BCUT2D eigenvalue weighted by molar-refractivity contribution is 5.96. The zero-order valence-electron chi connectivity index (χ0n) is 14.2. The number of anilines is 1. The molecule has 0 fully saturated rings. The van der Waals surface area contributed by atoms with Crippen LogP contribution in [-0.4, -0.2) is 19.1 Å². The van der Waals surface area contributed by atoms with Crippen LogP contribution < -0.4 is 14.8 Å². The lowest BCUT2D eigenvalue weighted by atomic mass is 10.0. The molecule has 25 heavy (non-hydrogen) atoms. The number of carbonyl (C=O) groups is 1. The molecule has 2 heterocycles. The fourth-order valence-corrected chi connectivity index (χ4v) is 3.26. The number of furan rings is 1. The van der Waals surface area contributed by atoms with E-state index in [-0.39, 0.29) is 12.3 Å². The van der Waals surface area contributed by atoms with E-state index in [0.717, 1.165) is 27.7 Å². The number of benzene rings is 2. The lowest BCUT2D eigenvalue weighted by Crippen LogP contribution is -2.17. The van der Waals surface area contributed by atoms with E-state index < -0.39 is 0 Å². The van der Waals surface area contributed by atoms with Crippen molar-refractivity contribution in [3.05, 3.63) is 53.3 Å². The lowest BCUT2D eigenvalue weighted by molar-refractivity contribution is -0.115. The van der Waals surface area contributed by atoms with Crippen LogP contribution in [0.25, 0.3) is 11.0 Å².